The molecule has 0 atom stereocenters. The Morgan fingerprint density at radius 3 is 2.06 bits per heavy atom. The van der Waals surface area contributed by atoms with Gasteiger partial charge in [0.15, 0.2) is 0 Å². The highest BCUT2D eigenvalue weighted by Gasteiger charge is 2.11. The number of amides is 1. The van der Waals surface area contributed by atoms with Crippen LogP contribution >= 0.6 is 0 Å². The van der Waals surface area contributed by atoms with E-state index in [0.717, 1.165) is 51.7 Å². The number of hydrogen-bond acceptors (Lipinski definition) is 2. The van der Waals surface area contributed by atoms with E-state index < -0.39 is 0 Å². The number of nitrogens with one attached hydrogen (secondary N) is 1. The van der Waals surface area contributed by atoms with Crippen molar-refractivity contribution in [3.63, 3.8) is 0 Å². The Hall–Kier alpha value is -0.570. The molecule has 0 aromatic rings. The molecule has 16 heavy (non-hydrogen) atoms. The lowest BCUT2D eigenvalue weighted by Gasteiger charge is -2.22. The summed E-state index contributed by atoms with van der Waals surface area (Å²) >= 11 is 0. The predicted octanol–water partition coefficient (Wildman–Crippen LogP) is 2.41. The fourth-order valence-corrected chi connectivity index (χ4v) is 1.63. The Bertz CT molecular complexity index is 163. The molecule has 0 unspecified atom stereocenters. The third-order valence-corrected chi connectivity index (χ3v) is 2.73. The molecule has 3 nitrogen and oxygen atoms in total. The van der Waals surface area contributed by atoms with Crippen molar-refractivity contribution in [2.24, 2.45) is 0 Å². The van der Waals surface area contributed by atoms with Gasteiger partial charge >= 0.3 is 0 Å². The zero-order valence-electron chi connectivity index (χ0n) is 11.2. The largest absolute Gasteiger partial charge is 0.343 e. The quantitative estimate of drug-likeness (QED) is 0.582. The summed E-state index contributed by atoms with van der Waals surface area (Å²) in [5, 5.41) is 3.08. The highest BCUT2D eigenvalue weighted by molar-refractivity contribution is 5.76. The molecule has 0 heterocycles. The minimum Gasteiger partial charge on any atom is -0.343 e. The molecule has 1 amide bonds. The zero-order valence-corrected chi connectivity index (χ0v) is 11.2. The van der Waals surface area contributed by atoms with Gasteiger partial charge in [0.25, 0.3) is 0 Å². The fraction of sp³-hybridized carbons (Fsp3) is 0.923. The minimum absolute atomic E-state index is 0.331. The summed E-state index contributed by atoms with van der Waals surface area (Å²) in [6, 6.07) is 0. The van der Waals surface area contributed by atoms with Crippen molar-refractivity contribution in [2.45, 2.75) is 52.4 Å². The van der Waals surface area contributed by atoms with Crippen molar-refractivity contribution in [3.05, 3.63) is 0 Å². The second-order valence-electron chi connectivity index (χ2n) is 4.30. The van der Waals surface area contributed by atoms with Crippen LogP contribution in [0.4, 0.5) is 0 Å². The second kappa shape index (κ2) is 10.9. The first-order valence-electron chi connectivity index (χ1n) is 6.68. The van der Waals surface area contributed by atoms with E-state index in [9.17, 15) is 4.79 Å². The van der Waals surface area contributed by atoms with E-state index in [1.165, 1.54) is 0 Å². The SMILES string of the molecule is CCCCN(CCCC)C(=O)CCCNC. The van der Waals surface area contributed by atoms with Crippen molar-refractivity contribution in [3.8, 4) is 0 Å². The molecular formula is C13H28N2O. The standard InChI is InChI=1S/C13H28N2O/c1-4-6-11-15(12-7-5-2)13(16)9-8-10-14-3/h14H,4-12H2,1-3H3. The van der Waals surface area contributed by atoms with E-state index in [2.05, 4.69) is 19.2 Å². The van der Waals surface area contributed by atoms with Gasteiger partial charge in [-0.15, -0.1) is 0 Å². The van der Waals surface area contributed by atoms with Crippen LogP contribution in [-0.4, -0.2) is 37.5 Å². The number of rotatable bonds is 10. The smallest absolute Gasteiger partial charge is 0.222 e. The van der Waals surface area contributed by atoms with E-state index in [0.29, 0.717) is 12.3 Å². The van der Waals surface area contributed by atoms with Crippen LogP contribution in [0.5, 0.6) is 0 Å². The van der Waals surface area contributed by atoms with Crippen molar-refractivity contribution < 1.29 is 4.79 Å². The molecular weight excluding hydrogens is 200 g/mol. The van der Waals surface area contributed by atoms with Gasteiger partial charge in [-0.1, -0.05) is 26.7 Å². The number of nitrogens with zero attached hydrogens (tertiary/aromatic N) is 1. The van der Waals surface area contributed by atoms with Gasteiger partial charge in [0.1, 0.15) is 0 Å². The van der Waals surface area contributed by atoms with E-state index in [4.69, 9.17) is 0 Å². The fourth-order valence-electron chi connectivity index (χ4n) is 1.63. The van der Waals surface area contributed by atoms with Gasteiger partial charge in [-0.25, -0.2) is 0 Å². The Kier molecular flexibility index (Phi) is 10.5. The topological polar surface area (TPSA) is 32.3 Å². The molecule has 3 heteroatoms. The highest BCUT2D eigenvalue weighted by Crippen LogP contribution is 2.03. The molecule has 0 aliphatic carbocycles. The van der Waals surface area contributed by atoms with Gasteiger partial charge in [-0.05, 0) is 32.9 Å². The Morgan fingerprint density at radius 1 is 1.06 bits per heavy atom. The van der Waals surface area contributed by atoms with Crippen molar-refractivity contribution in [2.75, 3.05) is 26.7 Å². The minimum atomic E-state index is 0.331. The highest BCUT2D eigenvalue weighted by atomic mass is 16.2. The van der Waals surface area contributed by atoms with Crippen LogP contribution in [0.3, 0.4) is 0 Å². The lowest BCUT2D eigenvalue weighted by atomic mass is 10.2. The maximum absolute atomic E-state index is 11.9. The monoisotopic (exact) mass is 228 g/mol. The summed E-state index contributed by atoms with van der Waals surface area (Å²) < 4.78 is 0. The van der Waals surface area contributed by atoms with Gasteiger partial charge in [-0.3, -0.25) is 4.79 Å². The molecule has 0 aromatic heterocycles. The van der Waals surface area contributed by atoms with Crippen LogP contribution in [0.25, 0.3) is 0 Å². The van der Waals surface area contributed by atoms with Gasteiger partial charge < -0.3 is 10.2 Å². The first-order valence-corrected chi connectivity index (χ1v) is 6.68. The Labute approximate surface area is 101 Å². The van der Waals surface area contributed by atoms with Gasteiger partial charge in [-0.2, -0.15) is 0 Å². The Balaban J connectivity index is 3.88. The van der Waals surface area contributed by atoms with E-state index in [1.54, 1.807) is 0 Å². The molecule has 0 saturated heterocycles. The molecule has 0 aliphatic rings. The van der Waals surface area contributed by atoms with Crippen LogP contribution in [0, 0.1) is 0 Å². The summed E-state index contributed by atoms with van der Waals surface area (Å²) in [4.78, 5) is 14.0. The normalized spacial score (nSPS) is 10.4. The van der Waals surface area contributed by atoms with E-state index in [-0.39, 0.29) is 0 Å². The first-order chi connectivity index (χ1) is 7.76. The van der Waals surface area contributed by atoms with Crippen LogP contribution in [-0.2, 0) is 4.79 Å². The summed E-state index contributed by atoms with van der Waals surface area (Å²) in [5.41, 5.74) is 0. The third-order valence-electron chi connectivity index (χ3n) is 2.73. The van der Waals surface area contributed by atoms with E-state index >= 15 is 0 Å². The molecule has 0 aliphatic heterocycles. The molecule has 0 rings (SSSR count). The summed E-state index contributed by atoms with van der Waals surface area (Å²) in [6.45, 7) is 7.15. The lowest BCUT2D eigenvalue weighted by molar-refractivity contribution is -0.131. The molecule has 0 spiro atoms. The maximum atomic E-state index is 11.9. The average molecular weight is 228 g/mol. The third kappa shape index (κ3) is 7.69. The van der Waals surface area contributed by atoms with Crippen molar-refractivity contribution >= 4 is 5.91 Å². The number of unbranched alkanes of at least 4 members (excludes halogenated alkanes) is 2. The lowest BCUT2D eigenvalue weighted by Crippen LogP contribution is -2.33. The second-order valence-corrected chi connectivity index (χ2v) is 4.30. The van der Waals surface area contributed by atoms with Gasteiger partial charge in [0.05, 0.1) is 0 Å². The molecule has 0 bridgehead atoms. The molecule has 0 aromatic carbocycles. The summed E-state index contributed by atoms with van der Waals surface area (Å²) in [6.07, 6.45) is 6.21. The van der Waals surface area contributed by atoms with Crippen LogP contribution in [0.2, 0.25) is 0 Å². The van der Waals surface area contributed by atoms with E-state index in [1.807, 2.05) is 11.9 Å². The van der Waals surface area contributed by atoms with Crippen LogP contribution in [0.15, 0.2) is 0 Å². The van der Waals surface area contributed by atoms with Gasteiger partial charge in [0.2, 0.25) is 5.91 Å². The Morgan fingerprint density at radius 2 is 1.62 bits per heavy atom. The first kappa shape index (κ1) is 15.4. The molecule has 0 radical (unpaired) electrons. The molecule has 0 saturated carbocycles. The maximum Gasteiger partial charge on any atom is 0.222 e. The van der Waals surface area contributed by atoms with Crippen LogP contribution in [0.1, 0.15) is 52.4 Å². The summed E-state index contributed by atoms with van der Waals surface area (Å²) in [7, 11) is 1.93. The van der Waals surface area contributed by atoms with Crippen LogP contribution < -0.4 is 5.32 Å². The van der Waals surface area contributed by atoms with Gasteiger partial charge in [0, 0.05) is 19.5 Å². The average Bonchev–Trinajstić information content (AvgIpc) is 2.29. The number of carbonyl (C=O) groups is 1. The zero-order chi connectivity index (χ0) is 12.2. The number of carbonyl (C=O) groups excluding carboxylic acids is 1. The predicted molar refractivity (Wildman–Crippen MR) is 69.6 cm³/mol. The van der Waals surface area contributed by atoms with Crippen molar-refractivity contribution in [1.82, 2.24) is 10.2 Å². The van der Waals surface area contributed by atoms with Crippen molar-refractivity contribution in [1.29, 1.82) is 0 Å². The molecule has 1 N–H and O–H groups in total. The number of hydrogen-bond donors (Lipinski definition) is 1. The molecule has 96 valence electrons. The molecule has 0 fully saturated rings. The summed E-state index contributed by atoms with van der Waals surface area (Å²) in [5.74, 6) is 0.331.